The molecule has 13 rings (SSSR count). The highest BCUT2D eigenvalue weighted by atomic mass is 14.7. The van der Waals surface area contributed by atoms with Crippen LogP contribution in [0.25, 0.3) is 132 Å². The molecular weight excluding hydrogens is 677 g/mol. The lowest BCUT2D eigenvalue weighted by molar-refractivity contribution is 1.35. The first-order chi connectivity index (χ1) is 27.8. The standard InChI is InChI=1S/C54H30N2/c1-3-12-31(13-4-1)48-39-25-27-55-30-47(39)49(32-14-5-2-6-15-32)53-42-24-23-35(36-18-10-21-41(51(36)42)52(48)53)43-28-45-38-20-9-19-37-40-22-11-26-56-54(40)46(50(37)38)29-44(45)34-17-8-7-16-33(34)43/h1-30H. The highest BCUT2D eigenvalue weighted by Gasteiger charge is 2.32. The number of hydrogen-bond acceptors (Lipinski definition) is 2. The Morgan fingerprint density at radius 1 is 0.286 bits per heavy atom. The lowest BCUT2D eigenvalue weighted by Gasteiger charge is -2.20. The van der Waals surface area contributed by atoms with E-state index in [-0.39, 0.29) is 0 Å². The summed E-state index contributed by atoms with van der Waals surface area (Å²) in [7, 11) is 0. The smallest absolute Gasteiger partial charge is 0.0787 e. The van der Waals surface area contributed by atoms with E-state index in [4.69, 9.17) is 9.97 Å². The summed E-state index contributed by atoms with van der Waals surface area (Å²) in [5.74, 6) is 0. The number of rotatable bonds is 3. The monoisotopic (exact) mass is 706 g/mol. The minimum Gasteiger partial charge on any atom is -0.264 e. The van der Waals surface area contributed by atoms with E-state index in [0.29, 0.717) is 0 Å². The zero-order valence-corrected chi connectivity index (χ0v) is 30.2. The van der Waals surface area contributed by atoms with Crippen LogP contribution in [0.2, 0.25) is 0 Å². The van der Waals surface area contributed by atoms with Crippen molar-refractivity contribution in [3.05, 3.63) is 182 Å². The van der Waals surface area contributed by atoms with Gasteiger partial charge in [0.2, 0.25) is 0 Å². The van der Waals surface area contributed by atoms with Crippen LogP contribution >= 0.6 is 0 Å². The van der Waals surface area contributed by atoms with E-state index in [1.807, 2.05) is 12.4 Å². The van der Waals surface area contributed by atoms with Gasteiger partial charge in [0.05, 0.1) is 5.69 Å². The fourth-order valence-corrected chi connectivity index (χ4v) is 10.3. The maximum Gasteiger partial charge on any atom is 0.0787 e. The first-order valence-electron chi connectivity index (χ1n) is 19.3. The molecule has 2 aliphatic carbocycles. The lowest BCUT2D eigenvalue weighted by Crippen LogP contribution is -1.94. The molecule has 2 aromatic heterocycles. The van der Waals surface area contributed by atoms with Gasteiger partial charge in [-0.25, -0.2) is 0 Å². The van der Waals surface area contributed by atoms with Crippen molar-refractivity contribution in [1.82, 2.24) is 9.97 Å². The van der Waals surface area contributed by atoms with Gasteiger partial charge in [-0.15, -0.1) is 0 Å². The van der Waals surface area contributed by atoms with Crippen molar-refractivity contribution in [3.8, 4) is 78.0 Å². The van der Waals surface area contributed by atoms with E-state index in [9.17, 15) is 0 Å². The summed E-state index contributed by atoms with van der Waals surface area (Å²) in [6, 6.07) is 60.5. The van der Waals surface area contributed by atoms with Crippen molar-refractivity contribution >= 4 is 53.9 Å². The Bertz CT molecular complexity index is 3420. The Balaban J connectivity index is 1.15. The largest absolute Gasteiger partial charge is 0.264 e. The molecule has 0 spiro atoms. The Kier molecular flexibility index (Phi) is 5.92. The molecule has 2 heterocycles. The van der Waals surface area contributed by atoms with Crippen LogP contribution in [0.1, 0.15) is 0 Å². The Morgan fingerprint density at radius 3 is 1.68 bits per heavy atom. The number of aromatic nitrogens is 2. The van der Waals surface area contributed by atoms with Gasteiger partial charge in [-0.05, 0) is 134 Å². The third-order valence-corrected chi connectivity index (χ3v) is 12.5. The second kappa shape index (κ2) is 11.1. The molecule has 256 valence electrons. The van der Waals surface area contributed by atoms with Crippen molar-refractivity contribution in [3.63, 3.8) is 0 Å². The molecule has 0 aliphatic heterocycles. The quantitative estimate of drug-likeness (QED) is 0.171. The highest BCUT2D eigenvalue weighted by Crippen LogP contribution is 2.59. The molecule has 0 atom stereocenters. The molecule has 0 fully saturated rings. The first-order valence-corrected chi connectivity index (χ1v) is 19.3. The average Bonchev–Trinajstić information content (AvgIpc) is 3.77. The molecule has 2 heteroatoms. The molecule has 56 heavy (non-hydrogen) atoms. The van der Waals surface area contributed by atoms with Crippen LogP contribution in [-0.4, -0.2) is 9.97 Å². The Morgan fingerprint density at radius 2 is 0.875 bits per heavy atom. The Hall–Kier alpha value is -7.42. The zero-order chi connectivity index (χ0) is 36.5. The van der Waals surface area contributed by atoms with Gasteiger partial charge in [0.15, 0.2) is 0 Å². The molecule has 9 aromatic carbocycles. The van der Waals surface area contributed by atoms with Gasteiger partial charge in [-0.3, -0.25) is 9.97 Å². The second-order valence-corrected chi connectivity index (χ2v) is 15.2. The van der Waals surface area contributed by atoms with Crippen molar-refractivity contribution < 1.29 is 0 Å². The van der Waals surface area contributed by atoms with Crippen LogP contribution in [0.5, 0.6) is 0 Å². The van der Waals surface area contributed by atoms with Crippen molar-refractivity contribution in [2.45, 2.75) is 0 Å². The van der Waals surface area contributed by atoms with Crippen LogP contribution in [0.4, 0.5) is 0 Å². The van der Waals surface area contributed by atoms with Crippen molar-refractivity contribution in [1.29, 1.82) is 0 Å². The SMILES string of the molecule is c1ccc(-c2c3c(c(-c4ccccc4)c4cnccc24)-c2ccc(-c4cc5c6cccc7c6c(cc5c5ccccc45)-c4ncccc4-7)c4cccc-3c24)cc1. The molecule has 0 bridgehead atoms. The van der Waals surface area contributed by atoms with E-state index in [0.717, 1.165) is 5.69 Å². The van der Waals surface area contributed by atoms with E-state index in [1.165, 1.54) is 126 Å². The predicted octanol–water partition coefficient (Wildman–Crippen LogP) is 14.5. The topological polar surface area (TPSA) is 25.8 Å². The molecule has 0 unspecified atom stereocenters. The third kappa shape index (κ3) is 3.85. The van der Waals surface area contributed by atoms with Gasteiger partial charge in [0.1, 0.15) is 0 Å². The molecule has 2 nitrogen and oxygen atoms in total. The minimum atomic E-state index is 1.08. The predicted molar refractivity (Wildman–Crippen MR) is 235 cm³/mol. The molecule has 0 amide bonds. The van der Waals surface area contributed by atoms with Gasteiger partial charge >= 0.3 is 0 Å². The van der Waals surface area contributed by atoms with Crippen molar-refractivity contribution in [2.24, 2.45) is 0 Å². The minimum absolute atomic E-state index is 1.08. The van der Waals surface area contributed by atoms with Crippen LogP contribution in [0.3, 0.4) is 0 Å². The normalized spacial score (nSPS) is 12.3. The van der Waals surface area contributed by atoms with Crippen LogP contribution in [0, 0.1) is 0 Å². The fraction of sp³-hybridized carbons (Fsp3) is 0. The number of hydrogen-bond donors (Lipinski definition) is 0. The van der Waals surface area contributed by atoms with Gasteiger partial charge in [0, 0.05) is 35.1 Å². The number of fused-ring (bicyclic) bond motifs is 11. The van der Waals surface area contributed by atoms with Crippen LogP contribution in [0.15, 0.2) is 182 Å². The molecule has 0 radical (unpaired) electrons. The Labute approximate surface area is 323 Å². The maximum absolute atomic E-state index is 4.89. The molecule has 2 aliphatic rings. The van der Waals surface area contributed by atoms with E-state index >= 15 is 0 Å². The number of pyridine rings is 2. The van der Waals surface area contributed by atoms with Gasteiger partial charge in [-0.2, -0.15) is 0 Å². The van der Waals surface area contributed by atoms with Gasteiger partial charge < -0.3 is 0 Å². The maximum atomic E-state index is 4.89. The van der Waals surface area contributed by atoms with Gasteiger partial charge in [-0.1, -0.05) is 140 Å². The summed E-state index contributed by atoms with van der Waals surface area (Å²) in [5, 5.41) is 12.6. The first kappa shape index (κ1) is 30.0. The molecule has 0 saturated carbocycles. The number of nitrogens with zero attached hydrogens (tertiary/aromatic N) is 2. The molecule has 0 N–H and O–H groups in total. The third-order valence-electron chi connectivity index (χ3n) is 12.5. The molecule has 11 aromatic rings. The second-order valence-electron chi connectivity index (χ2n) is 15.2. The van der Waals surface area contributed by atoms with Crippen LogP contribution < -0.4 is 0 Å². The van der Waals surface area contributed by atoms with E-state index in [2.05, 4.69) is 170 Å². The number of benzene rings is 9. The highest BCUT2D eigenvalue weighted by molar-refractivity contribution is 6.31. The molecular formula is C54H30N2. The summed E-state index contributed by atoms with van der Waals surface area (Å²) in [6.07, 6.45) is 5.92. The van der Waals surface area contributed by atoms with Crippen LogP contribution in [-0.2, 0) is 0 Å². The summed E-state index contributed by atoms with van der Waals surface area (Å²) < 4.78 is 0. The summed E-state index contributed by atoms with van der Waals surface area (Å²) in [6.45, 7) is 0. The molecule has 0 saturated heterocycles. The summed E-state index contributed by atoms with van der Waals surface area (Å²) in [4.78, 5) is 9.60. The summed E-state index contributed by atoms with van der Waals surface area (Å²) in [5.41, 5.74) is 17.4. The summed E-state index contributed by atoms with van der Waals surface area (Å²) >= 11 is 0. The fourth-order valence-electron chi connectivity index (χ4n) is 10.3. The van der Waals surface area contributed by atoms with E-state index < -0.39 is 0 Å². The zero-order valence-electron chi connectivity index (χ0n) is 30.2. The van der Waals surface area contributed by atoms with E-state index in [1.54, 1.807) is 0 Å². The lowest BCUT2D eigenvalue weighted by atomic mass is 9.83. The average molecular weight is 707 g/mol. The van der Waals surface area contributed by atoms with Gasteiger partial charge in [0.25, 0.3) is 0 Å². The van der Waals surface area contributed by atoms with Crippen molar-refractivity contribution in [2.75, 3.05) is 0 Å².